The maximum atomic E-state index is 13.8. The van der Waals surface area contributed by atoms with Crippen LogP contribution in [0.25, 0.3) is 0 Å². The van der Waals surface area contributed by atoms with Gasteiger partial charge in [0.15, 0.2) is 0 Å². The van der Waals surface area contributed by atoms with E-state index in [2.05, 4.69) is 5.32 Å². The van der Waals surface area contributed by atoms with Crippen molar-refractivity contribution in [2.75, 3.05) is 32.1 Å². The Morgan fingerprint density at radius 3 is 1.83 bits per heavy atom. The van der Waals surface area contributed by atoms with Crippen LogP contribution in [0, 0.1) is 17.2 Å². The van der Waals surface area contributed by atoms with Crippen molar-refractivity contribution in [3.05, 3.63) is 65.0 Å². The number of nitrogens with one attached hydrogen (secondary N) is 1. The van der Waals surface area contributed by atoms with Crippen LogP contribution in [0.2, 0.25) is 0 Å². The molecule has 1 aliphatic carbocycles. The lowest BCUT2D eigenvalue weighted by atomic mass is 9.84. The number of halogens is 7. The van der Waals surface area contributed by atoms with Gasteiger partial charge in [-0.2, -0.15) is 26.3 Å². The predicted molar refractivity (Wildman–Crippen MR) is 161 cm³/mol. The molecular formula is C33H39F7N4O3. The summed E-state index contributed by atoms with van der Waals surface area (Å²) in [7, 11) is 2.45. The van der Waals surface area contributed by atoms with Gasteiger partial charge in [0.05, 0.1) is 17.2 Å². The number of benzene rings is 2. The van der Waals surface area contributed by atoms with Gasteiger partial charge < -0.3 is 15.1 Å². The number of anilines is 1. The molecule has 2 atom stereocenters. The van der Waals surface area contributed by atoms with Gasteiger partial charge in [-0.15, -0.1) is 0 Å². The van der Waals surface area contributed by atoms with Crippen molar-refractivity contribution in [3.63, 3.8) is 0 Å². The van der Waals surface area contributed by atoms with Gasteiger partial charge in [-0.1, -0.05) is 32.9 Å². The van der Waals surface area contributed by atoms with Gasteiger partial charge in [-0.25, -0.2) is 9.18 Å². The summed E-state index contributed by atoms with van der Waals surface area (Å²) in [6.07, 6.45) is -7.91. The fourth-order valence-corrected chi connectivity index (χ4v) is 6.16. The lowest BCUT2D eigenvalue weighted by Gasteiger charge is -2.33. The maximum absolute atomic E-state index is 13.8. The molecule has 2 aromatic carbocycles. The van der Waals surface area contributed by atoms with Crippen molar-refractivity contribution in [3.8, 4) is 0 Å². The zero-order chi connectivity index (χ0) is 35.1. The first-order chi connectivity index (χ1) is 21.7. The minimum atomic E-state index is -5.09. The number of carbonyl (C=O) groups excluding carboxylic acids is 3. The average molecular weight is 673 g/mol. The Hall–Kier alpha value is -3.84. The molecule has 0 unspecified atom stereocenters. The minimum absolute atomic E-state index is 0.0114. The van der Waals surface area contributed by atoms with Gasteiger partial charge in [-0.05, 0) is 61.6 Å². The van der Waals surface area contributed by atoms with Gasteiger partial charge >= 0.3 is 18.4 Å². The number of alkyl halides is 6. The molecule has 1 saturated carbocycles. The van der Waals surface area contributed by atoms with E-state index in [1.54, 1.807) is 4.90 Å². The van der Waals surface area contributed by atoms with Crippen LogP contribution in [0.3, 0.4) is 0 Å². The minimum Gasteiger partial charge on any atom is -0.353 e. The molecule has 4 amide bonds. The van der Waals surface area contributed by atoms with Gasteiger partial charge in [0.2, 0.25) is 11.8 Å². The molecule has 1 N–H and O–H groups in total. The largest absolute Gasteiger partial charge is 0.416 e. The molecule has 2 aliphatic rings. The third-order valence-electron chi connectivity index (χ3n) is 9.04. The highest BCUT2D eigenvalue weighted by Crippen LogP contribution is 2.39. The third-order valence-corrected chi connectivity index (χ3v) is 9.04. The number of hydrogen-bond donors (Lipinski definition) is 1. The lowest BCUT2D eigenvalue weighted by Crippen LogP contribution is -2.48. The van der Waals surface area contributed by atoms with Gasteiger partial charge in [0.25, 0.3) is 0 Å². The van der Waals surface area contributed by atoms with E-state index < -0.39 is 58.4 Å². The van der Waals surface area contributed by atoms with Crippen molar-refractivity contribution < 1.29 is 45.1 Å². The second-order valence-corrected chi connectivity index (χ2v) is 13.5. The Bertz CT molecular complexity index is 1430. The van der Waals surface area contributed by atoms with Gasteiger partial charge in [0, 0.05) is 56.2 Å². The standard InChI is InChI=1S/C33H39F7N4O3/c1-31(2,3)29(46)41-24-12-8-20(9-13-24)28(45)44-17-26(19-6-10-23(34)11-7-19)27(18-44)43(5)30(47)42(4)25-15-21(32(35,36)37)14-22(16-25)33(38,39)40/h6-7,10-11,14-16,20,24,26-27H,8-9,12-13,17-18H2,1-5H3,(H,41,46)/t20-,24-,26-,27+/m0/s1. The van der Waals surface area contributed by atoms with E-state index in [9.17, 15) is 45.1 Å². The number of rotatable bonds is 5. The smallest absolute Gasteiger partial charge is 0.353 e. The number of amides is 4. The molecule has 2 aromatic rings. The Labute approximate surface area is 269 Å². The first-order valence-electron chi connectivity index (χ1n) is 15.3. The molecule has 1 saturated heterocycles. The monoisotopic (exact) mass is 672 g/mol. The highest BCUT2D eigenvalue weighted by molar-refractivity contribution is 5.92. The van der Waals surface area contributed by atoms with Crippen LogP contribution < -0.4 is 10.2 Å². The normalized spacial score (nSPS) is 22.2. The van der Waals surface area contributed by atoms with Crippen LogP contribution in [0.5, 0.6) is 0 Å². The predicted octanol–water partition coefficient (Wildman–Crippen LogP) is 7.07. The quantitative estimate of drug-likeness (QED) is 0.346. The van der Waals surface area contributed by atoms with E-state index in [0.717, 1.165) is 7.05 Å². The van der Waals surface area contributed by atoms with Crippen molar-refractivity contribution in [1.82, 2.24) is 15.1 Å². The highest BCUT2D eigenvalue weighted by Gasteiger charge is 2.43. The van der Waals surface area contributed by atoms with Crippen LogP contribution in [0.1, 0.15) is 69.1 Å². The second kappa shape index (κ2) is 13.3. The highest BCUT2D eigenvalue weighted by atomic mass is 19.4. The first-order valence-corrected chi connectivity index (χ1v) is 15.3. The molecule has 4 rings (SSSR count). The molecular weight excluding hydrogens is 633 g/mol. The number of likely N-dealkylation sites (N-methyl/N-ethyl adjacent to an activating group) is 1. The summed E-state index contributed by atoms with van der Waals surface area (Å²) in [4.78, 5) is 43.3. The molecule has 1 heterocycles. The summed E-state index contributed by atoms with van der Waals surface area (Å²) in [5, 5.41) is 3.03. The molecule has 47 heavy (non-hydrogen) atoms. The Balaban J connectivity index is 1.55. The van der Waals surface area contributed by atoms with Crippen molar-refractivity contribution >= 4 is 23.5 Å². The zero-order valence-corrected chi connectivity index (χ0v) is 26.8. The van der Waals surface area contributed by atoms with E-state index in [4.69, 9.17) is 0 Å². The molecule has 7 nitrogen and oxygen atoms in total. The third kappa shape index (κ3) is 8.36. The molecule has 0 radical (unpaired) electrons. The van der Waals surface area contributed by atoms with Crippen molar-refractivity contribution in [2.45, 2.75) is 76.8 Å². The SMILES string of the molecule is CN(C(=O)N(C)[C@@H]1CN(C(=O)[C@H]2CC[C@H](NC(=O)C(C)(C)C)CC2)C[C@H]1c1ccc(F)cc1)c1cc(C(F)(F)F)cc(C(F)(F)F)c1. The number of carbonyl (C=O) groups is 3. The van der Waals surface area contributed by atoms with E-state index >= 15 is 0 Å². The molecule has 0 aromatic heterocycles. The van der Waals surface area contributed by atoms with E-state index in [1.807, 2.05) is 20.8 Å². The Morgan fingerprint density at radius 1 is 0.809 bits per heavy atom. The fraction of sp³-hybridized carbons (Fsp3) is 0.545. The van der Waals surface area contributed by atoms with Crippen LogP contribution in [0.4, 0.5) is 41.2 Å². The van der Waals surface area contributed by atoms with E-state index in [-0.39, 0.29) is 42.9 Å². The maximum Gasteiger partial charge on any atom is 0.416 e. The molecule has 14 heteroatoms. The van der Waals surface area contributed by atoms with Crippen LogP contribution in [0.15, 0.2) is 42.5 Å². The topological polar surface area (TPSA) is 73.0 Å². The van der Waals surface area contributed by atoms with Crippen molar-refractivity contribution in [2.24, 2.45) is 11.3 Å². The fourth-order valence-electron chi connectivity index (χ4n) is 6.16. The number of likely N-dealkylation sites (tertiary alicyclic amines) is 1. The zero-order valence-electron chi connectivity index (χ0n) is 26.8. The second-order valence-electron chi connectivity index (χ2n) is 13.5. The van der Waals surface area contributed by atoms with Crippen LogP contribution >= 0.6 is 0 Å². The Morgan fingerprint density at radius 2 is 1.34 bits per heavy atom. The number of urea groups is 1. The molecule has 258 valence electrons. The van der Waals surface area contributed by atoms with Crippen LogP contribution in [-0.2, 0) is 21.9 Å². The summed E-state index contributed by atoms with van der Waals surface area (Å²) in [6, 6.07) is 4.78. The molecule has 2 fully saturated rings. The summed E-state index contributed by atoms with van der Waals surface area (Å²) in [6.45, 7) is 5.67. The molecule has 0 spiro atoms. The van der Waals surface area contributed by atoms with Gasteiger partial charge in [0.1, 0.15) is 5.82 Å². The van der Waals surface area contributed by atoms with Crippen LogP contribution in [-0.4, -0.2) is 66.9 Å². The molecule has 0 bridgehead atoms. The first kappa shape index (κ1) is 36.0. The van der Waals surface area contributed by atoms with E-state index in [1.165, 1.54) is 36.2 Å². The Kier molecular flexibility index (Phi) is 10.2. The summed E-state index contributed by atoms with van der Waals surface area (Å²) >= 11 is 0. The van der Waals surface area contributed by atoms with Crippen molar-refractivity contribution in [1.29, 1.82) is 0 Å². The van der Waals surface area contributed by atoms with Gasteiger partial charge in [-0.3, -0.25) is 14.5 Å². The molecule has 1 aliphatic heterocycles. The summed E-state index contributed by atoms with van der Waals surface area (Å²) in [5.74, 6) is -1.58. The van der Waals surface area contributed by atoms with E-state index in [0.29, 0.717) is 48.3 Å². The number of nitrogens with zero attached hydrogens (tertiary/aromatic N) is 3. The lowest BCUT2D eigenvalue weighted by molar-refractivity contribution is -0.143. The summed E-state index contributed by atoms with van der Waals surface area (Å²) in [5.41, 5.74) is -3.66. The average Bonchev–Trinajstić information content (AvgIpc) is 3.44. The number of hydrogen-bond acceptors (Lipinski definition) is 3. The summed E-state index contributed by atoms with van der Waals surface area (Å²) < 4.78 is 94.8.